The van der Waals surface area contributed by atoms with Crippen molar-refractivity contribution in [3.63, 3.8) is 0 Å². The second kappa shape index (κ2) is 11.2. The maximum absolute atomic E-state index is 13.6. The van der Waals surface area contributed by atoms with Gasteiger partial charge in [-0.2, -0.15) is 4.98 Å². The largest absolute Gasteiger partial charge is 0.397 e. The van der Waals surface area contributed by atoms with E-state index in [1.54, 1.807) is 18.3 Å². The molecule has 7 nitrogen and oxygen atoms in total. The van der Waals surface area contributed by atoms with Gasteiger partial charge in [0.15, 0.2) is 0 Å². The summed E-state index contributed by atoms with van der Waals surface area (Å²) in [6, 6.07) is 9.09. The first-order valence-corrected chi connectivity index (χ1v) is 12.4. The molecule has 2 fully saturated rings. The number of aromatic nitrogens is 3. The Hall–Kier alpha value is -2.97. The third-order valence-electron chi connectivity index (χ3n) is 6.53. The van der Waals surface area contributed by atoms with Gasteiger partial charge in [0, 0.05) is 56.1 Å². The maximum atomic E-state index is 13.6. The molecule has 2 aromatic heterocycles. The third kappa shape index (κ3) is 6.18. The standard InChI is InChI=1S/C19H23ClFN5.C7H10N2/c1-13-3-2-8-26(13)19-23-17(14-4-5-16(21)15(20)11-14)12-18(24-19)25-9-6-22-7-10-25;1-5-3-7(8)4-9-6(5)2/h4-5,11-13,22H,2-3,6-10H2,1H3;3-4H,8H2,1-2H3. The zero-order valence-corrected chi connectivity index (χ0v) is 21.3. The number of nitrogens with one attached hydrogen (secondary N) is 1. The molecular weight excluding hydrogens is 465 g/mol. The van der Waals surface area contributed by atoms with E-state index in [0.717, 1.165) is 85.5 Å². The lowest BCUT2D eigenvalue weighted by Gasteiger charge is -2.30. The van der Waals surface area contributed by atoms with Crippen LogP contribution in [0.25, 0.3) is 11.3 Å². The van der Waals surface area contributed by atoms with Crippen molar-refractivity contribution in [3.05, 3.63) is 58.6 Å². The summed E-state index contributed by atoms with van der Waals surface area (Å²) >= 11 is 5.99. The fourth-order valence-electron chi connectivity index (χ4n) is 4.31. The minimum Gasteiger partial charge on any atom is -0.397 e. The Kier molecular flexibility index (Phi) is 8.03. The van der Waals surface area contributed by atoms with Gasteiger partial charge in [0.1, 0.15) is 11.6 Å². The molecule has 0 spiro atoms. The predicted octanol–water partition coefficient (Wildman–Crippen LogP) is 4.62. The summed E-state index contributed by atoms with van der Waals surface area (Å²) in [5.74, 6) is 1.26. The number of nitrogen functional groups attached to an aromatic ring is 1. The first-order valence-electron chi connectivity index (χ1n) is 12.1. The number of aryl methyl sites for hydroxylation is 2. The van der Waals surface area contributed by atoms with Crippen LogP contribution in [-0.2, 0) is 0 Å². The van der Waals surface area contributed by atoms with Gasteiger partial charge in [-0.15, -0.1) is 0 Å². The molecule has 2 aliphatic rings. The van der Waals surface area contributed by atoms with E-state index in [-0.39, 0.29) is 5.02 Å². The van der Waals surface area contributed by atoms with Gasteiger partial charge in [0.2, 0.25) is 5.95 Å². The molecule has 2 aliphatic heterocycles. The van der Waals surface area contributed by atoms with Gasteiger partial charge < -0.3 is 20.9 Å². The van der Waals surface area contributed by atoms with E-state index < -0.39 is 5.82 Å². The van der Waals surface area contributed by atoms with Gasteiger partial charge in [-0.3, -0.25) is 4.98 Å². The first-order chi connectivity index (χ1) is 16.8. The maximum Gasteiger partial charge on any atom is 0.228 e. The van der Waals surface area contributed by atoms with Gasteiger partial charge in [-0.05, 0) is 63.4 Å². The number of halogens is 2. The molecule has 4 heterocycles. The SMILES string of the molecule is CC1CCCN1c1nc(-c2ccc(F)c(Cl)c2)cc(N2CCNCC2)n1.Cc1cc(N)cnc1C. The van der Waals surface area contributed by atoms with E-state index in [1.807, 2.05) is 26.0 Å². The molecule has 1 unspecified atom stereocenters. The van der Waals surface area contributed by atoms with Crippen molar-refractivity contribution in [2.24, 2.45) is 0 Å². The average molecular weight is 498 g/mol. The molecule has 0 radical (unpaired) electrons. The summed E-state index contributed by atoms with van der Waals surface area (Å²) in [5.41, 5.74) is 9.98. The highest BCUT2D eigenvalue weighted by molar-refractivity contribution is 6.31. The third-order valence-corrected chi connectivity index (χ3v) is 6.82. The molecule has 0 bridgehead atoms. The van der Waals surface area contributed by atoms with Crippen molar-refractivity contribution in [2.45, 2.75) is 39.7 Å². The van der Waals surface area contributed by atoms with Crippen LogP contribution in [0.5, 0.6) is 0 Å². The number of benzene rings is 1. The molecule has 0 amide bonds. The molecule has 3 aromatic rings. The van der Waals surface area contributed by atoms with E-state index in [4.69, 9.17) is 27.3 Å². The normalized spacial score (nSPS) is 17.8. The lowest BCUT2D eigenvalue weighted by atomic mass is 10.1. The Morgan fingerprint density at radius 1 is 1.09 bits per heavy atom. The van der Waals surface area contributed by atoms with Crippen LogP contribution >= 0.6 is 11.6 Å². The van der Waals surface area contributed by atoms with Gasteiger partial charge in [-0.1, -0.05) is 11.6 Å². The molecule has 186 valence electrons. The van der Waals surface area contributed by atoms with Crippen LogP contribution in [0, 0.1) is 19.7 Å². The highest BCUT2D eigenvalue weighted by atomic mass is 35.5. The Labute approximate surface area is 211 Å². The topological polar surface area (TPSA) is 83.2 Å². The number of piperazine rings is 1. The van der Waals surface area contributed by atoms with E-state index in [0.29, 0.717) is 6.04 Å². The van der Waals surface area contributed by atoms with Crippen LogP contribution in [0.4, 0.5) is 21.8 Å². The fourth-order valence-corrected chi connectivity index (χ4v) is 4.49. The fraction of sp³-hybridized carbons (Fsp3) is 0.423. The van der Waals surface area contributed by atoms with Crippen LogP contribution in [0.1, 0.15) is 31.0 Å². The molecule has 5 rings (SSSR count). The van der Waals surface area contributed by atoms with Crippen molar-refractivity contribution in [2.75, 3.05) is 48.3 Å². The number of pyridine rings is 1. The summed E-state index contributed by atoms with van der Waals surface area (Å²) in [7, 11) is 0. The van der Waals surface area contributed by atoms with Crippen LogP contribution in [0.15, 0.2) is 36.5 Å². The smallest absolute Gasteiger partial charge is 0.228 e. The van der Waals surface area contributed by atoms with E-state index in [1.165, 1.54) is 6.07 Å². The van der Waals surface area contributed by atoms with Crippen LogP contribution in [0.2, 0.25) is 5.02 Å². The summed E-state index contributed by atoms with van der Waals surface area (Å²) in [6.07, 6.45) is 3.97. The number of hydrogen-bond donors (Lipinski definition) is 2. The number of nitrogens with two attached hydrogens (primary N) is 1. The van der Waals surface area contributed by atoms with Gasteiger partial charge in [0.05, 0.1) is 22.6 Å². The molecule has 9 heteroatoms. The highest BCUT2D eigenvalue weighted by Crippen LogP contribution is 2.30. The number of anilines is 3. The zero-order valence-electron chi connectivity index (χ0n) is 20.6. The van der Waals surface area contributed by atoms with Crippen molar-refractivity contribution in [3.8, 4) is 11.3 Å². The average Bonchev–Trinajstić information content (AvgIpc) is 3.30. The van der Waals surface area contributed by atoms with Crippen LogP contribution < -0.4 is 20.9 Å². The Morgan fingerprint density at radius 2 is 1.86 bits per heavy atom. The number of hydrogen-bond acceptors (Lipinski definition) is 7. The minimum atomic E-state index is -0.416. The van der Waals surface area contributed by atoms with Crippen molar-refractivity contribution >= 4 is 29.1 Å². The summed E-state index contributed by atoms with van der Waals surface area (Å²) in [6.45, 7) is 10.9. The van der Waals surface area contributed by atoms with Crippen LogP contribution in [0.3, 0.4) is 0 Å². The van der Waals surface area contributed by atoms with Crippen LogP contribution in [-0.4, -0.2) is 53.7 Å². The first kappa shape index (κ1) is 25.1. The van der Waals surface area contributed by atoms with E-state index in [9.17, 15) is 4.39 Å². The Balaban J connectivity index is 0.000000271. The molecule has 1 aromatic carbocycles. The molecule has 0 saturated carbocycles. The molecule has 35 heavy (non-hydrogen) atoms. The summed E-state index contributed by atoms with van der Waals surface area (Å²) in [4.78, 5) is 18.2. The Bertz CT molecular complexity index is 1170. The second-order valence-corrected chi connectivity index (χ2v) is 9.54. The highest BCUT2D eigenvalue weighted by Gasteiger charge is 2.25. The molecule has 3 N–H and O–H groups in total. The molecule has 2 saturated heterocycles. The number of nitrogens with zero attached hydrogens (tertiary/aromatic N) is 5. The lowest BCUT2D eigenvalue weighted by Crippen LogP contribution is -2.44. The van der Waals surface area contributed by atoms with Crippen molar-refractivity contribution in [1.29, 1.82) is 0 Å². The molecule has 1 atom stereocenters. The van der Waals surface area contributed by atoms with Gasteiger partial charge in [-0.25, -0.2) is 9.37 Å². The van der Waals surface area contributed by atoms with Gasteiger partial charge in [0.25, 0.3) is 0 Å². The predicted molar refractivity (Wildman–Crippen MR) is 142 cm³/mol. The monoisotopic (exact) mass is 497 g/mol. The quantitative estimate of drug-likeness (QED) is 0.546. The Morgan fingerprint density at radius 3 is 2.49 bits per heavy atom. The molecular formula is C26H33ClFN7. The zero-order chi connectivity index (χ0) is 24.9. The lowest BCUT2D eigenvalue weighted by molar-refractivity contribution is 0.584. The second-order valence-electron chi connectivity index (χ2n) is 9.13. The summed E-state index contributed by atoms with van der Waals surface area (Å²) in [5, 5.41) is 3.48. The van der Waals surface area contributed by atoms with Crippen molar-refractivity contribution < 1.29 is 4.39 Å². The van der Waals surface area contributed by atoms with Gasteiger partial charge >= 0.3 is 0 Å². The van der Waals surface area contributed by atoms with Crippen molar-refractivity contribution in [1.82, 2.24) is 20.3 Å². The summed E-state index contributed by atoms with van der Waals surface area (Å²) < 4.78 is 13.6. The minimum absolute atomic E-state index is 0.112. The van der Waals surface area contributed by atoms with E-state index in [2.05, 4.69) is 27.0 Å². The number of rotatable bonds is 3. The molecule has 0 aliphatic carbocycles. The van der Waals surface area contributed by atoms with E-state index >= 15 is 0 Å².